The lowest BCUT2D eigenvalue weighted by Gasteiger charge is -2.08. The molecule has 5 heteroatoms. The van der Waals surface area contributed by atoms with Gasteiger partial charge >= 0.3 is 0 Å². The van der Waals surface area contributed by atoms with Gasteiger partial charge in [-0.25, -0.2) is 5.84 Å². The van der Waals surface area contributed by atoms with Gasteiger partial charge in [-0.1, -0.05) is 24.3 Å². The number of nitrogens with one attached hydrogen (secondary N) is 1. The van der Waals surface area contributed by atoms with Crippen LogP contribution in [0.3, 0.4) is 0 Å². The zero-order valence-corrected chi connectivity index (χ0v) is 10.7. The number of rotatable bonds is 5. The van der Waals surface area contributed by atoms with Gasteiger partial charge in [0.15, 0.2) is 0 Å². The molecule has 0 heterocycles. The van der Waals surface area contributed by atoms with Crippen molar-refractivity contribution in [1.82, 2.24) is 5.43 Å². The molecule has 0 unspecified atom stereocenters. The van der Waals surface area contributed by atoms with Crippen molar-refractivity contribution in [3.8, 4) is 5.75 Å². The van der Waals surface area contributed by atoms with E-state index in [0.717, 1.165) is 11.8 Å². The van der Waals surface area contributed by atoms with Gasteiger partial charge in [0.2, 0.25) is 0 Å². The predicted molar refractivity (Wildman–Crippen MR) is 74.3 cm³/mol. The van der Waals surface area contributed by atoms with E-state index in [0.29, 0.717) is 23.5 Å². The maximum atomic E-state index is 11.4. The molecule has 102 valence electrons. The molecule has 0 saturated carbocycles. The van der Waals surface area contributed by atoms with Gasteiger partial charge in [-0.15, -0.1) is 0 Å². The average Bonchev–Trinajstić information content (AvgIpc) is 2.52. The second-order valence-electron chi connectivity index (χ2n) is 4.15. The number of aldehydes is 1. The molecular weight excluding hydrogens is 256 g/mol. The van der Waals surface area contributed by atoms with Crippen LogP contribution in [0.15, 0.2) is 48.5 Å². The minimum atomic E-state index is -0.352. The van der Waals surface area contributed by atoms with Crippen molar-refractivity contribution in [2.24, 2.45) is 5.84 Å². The van der Waals surface area contributed by atoms with Crippen molar-refractivity contribution in [3.05, 3.63) is 65.2 Å². The van der Waals surface area contributed by atoms with E-state index in [2.05, 4.69) is 5.43 Å². The van der Waals surface area contributed by atoms with Gasteiger partial charge in [-0.3, -0.25) is 15.0 Å². The summed E-state index contributed by atoms with van der Waals surface area (Å²) in [6.45, 7) is 0.300. The first kappa shape index (κ1) is 13.8. The van der Waals surface area contributed by atoms with Crippen LogP contribution >= 0.6 is 0 Å². The van der Waals surface area contributed by atoms with Crippen molar-refractivity contribution in [1.29, 1.82) is 0 Å². The fourth-order valence-corrected chi connectivity index (χ4v) is 1.73. The topological polar surface area (TPSA) is 81.4 Å². The van der Waals surface area contributed by atoms with Crippen molar-refractivity contribution < 1.29 is 14.3 Å². The molecule has 1 amide bonds. The minimum absolute atomic E-state index is 0.300. The molecule has 2 aromatic carbocycles. The first-order valence-electron chi connectivity index (χ1n) is 6.01. The number of benzene rings is 2. The van der Waals surface area contributed by atoms with E-state index in [9.17, 15) is 9.59 Å². The molecule has 0 aliphatic heterocycles. The van der Waals surface area contributed by atoms with E-state index < -0.39 is 0 Å². The van der Waals surface area contributed by atoms with Gasteiger partial charge < -0.3 is 4.74 Å². The quantitative estimate of drug-likeness (QED) is 0.375. The molecule has 0 radical (unpaired) electrons. The van der Waals surface area contributed by atoms with Crippen LogP contribution in [0, 0.1) is 0 Å². The minimum Gasteiger partial charge on any atom is -0.489 e. The maximum Gasteiger partial charge on any atom is 0.265 e. The highest BCUT2D eigenvalue weighted by Crippen LogP contribution is 2.14. The number of hydrogen-bond donors (Lipinski definition) is 2. The summed E-state index contributed by atoms with van der Waals surface area (Å²) >= 11 is 0. The summed E-state index contributed by atoms with van der Waals surface area (Å²) in [6, 6.07) is 13.8. The van der Waals surface area contributed by atoms with E-state index in [-0.39, 0.29) is 5.91 Å². The fraction of sp³-hybridized carbons (Fsp3) is 0.0667. The number of amides is 1. The van der Waals surface area contributed by atoms with Crippen molar-refractivity contribution in [2.75, 3.05) is 0 Å². The molecule has 20 heavy (non-hydrogen) atoms. The van der Waals surface area contributed by atoms with Gasteiger partial charge in [0.25, 0.3) is 5.91 Å². The summed E-state index contributed by atoms with van der Waals surface area (Å²) in [5.41, 5.74) is 3.94. The van der Waals surface area contributed by atoms with E-state index in [1.54, 1.807) is 42.5 Å². The summed E-state index contributed by atoms with van der Waals surface area (Å²) < 4.78 is 5.58. The number of carbonyl (C=O) groups excluding carboxylic acids is 2. The van der Waals surface area contributed by atoms with Crippen molar-refractivity contribution in [3.63, 3.8) is 0 Å². The third-order valence-electron chi connectivity index (χ3n) is 2.72. The van der Waals surface area contributed by atoms with Gasteiger partial charge in [0.1, 0.15) is 18.6 Å². The van der Waals surface area contributed by atoms with Crippen LogP contribution in [0.5, 0.6) is 5.75 Å². The Kier molecular flexibility index (Phi) is 4.47. The van der Waals surface area contributed by atoms with Crippen LogP contribution in [0.4, 0.5) is 0 Å². The Morgan fingerprint density at radius 2 is 2.00 bits per heavy atom. The molecule has 2 rings (SSSR count). The van der Waals surface area contributed by atoms with Gasteiger partial charge in [0.05, 0.1) is 0 Å². The van der Waals surface area contributed by atoms with E-state index in [1.165, 1.54) is 0 Å². The molecule has 0 aromatic heterocycles. The fourth-order valence-electron chi connectivity index (χ4n) is 1.73. The zero-order chi connectivity index (χ0) is 14.4. The summed E-state index contributed by atoms with van der Waals surface area (Å²) in [6.07, 6.45) is 0.763. The van der Waals surface area contributed by atoms with Gasteiger partial charge in [-0.2, -0.15) is 0 Å². The SMILES string of the molecule is NNC(=O)c1cccc(COc2cccc(C=O)c2)c1. The van der Waals surface area contributed by atoms with E-state index in [4.69, 9.17) is 10.6 Å². The maximum absolute atomic E-state index is 11.4. The highest BCUT2D eigenvalue weighted by molar-refractivity contribution is 5.93. The lowest BCUT2D eigenvalue weighted by Crippen LogP contribution is -2.30. The number of carbonyl (C=O) groups is 2. The van der Waals surface area contributed by atoms with E-state index in [1.807, 2.05) is 6.07 Å². The Balaban J connectivity index is 2.06. The first-order valence-corrected chi connectivity index (χ1v) is 6.01. The molecular formula is C15H14N2O3. The number of nitrogens with two attached hydrogens (primary N) is 1. The van der Waals surface area contributed by atoms with Crippen LogP contribution in [0.25, 0.3) is 0 Å². The lowest BCUT2D eigenvalue weighted by molar-refractivity contribution is 0.0953. The molecule has 0 aliphatic rings. The van der Waals surface area contributed by atoms with Gasteiger partial charge in [-0.05, 0) is 29.8 Å². The Morgan fingerprint density at radius 1 is 1.20 bits per heavy atom. The van der Waals surface area contributed by atoms with Crippen LogP contribution in [0.2, 0.25) is 0 Å². The second-order valence-corrected chi connectivity index (χ2v) is 4.15. The Labute approximate surface area is 116 Å². The standard InChI is InChI=1S/C15H14N2O3/c16-17-15(19)13-5-1-4-12(7-13)10-20-14-6-2-3-11(8-14)9-18/h1-9H,10,16H2,(H,17,19). The molecule has 2 aromatic rings. The lowest BCUT2D eigenvalue weighted by atomic mass is 10.1. The van der Waals surface area contributed by atoms with Crippen LogP contribution in [0.1, 0.15) is 26.3 Å². The largest absolute Gasteiger partial charge is 0.489 e. The van der Waals surface area contributed by atoms with E-state index >= 15 is 0 Å². The van der Waals surface area contributed by atoms with Crippen molar-refractivity contribution >= 4 is 12.2 Å². The summed E-state index contributed by atoms with van der Waals surface area (Å²) in [5.74, 6) is 5.34. The summed E-state index contributed by atoms with van der Waals surface area (Å²) in [4.78, 5) is 22.1. The van der Waals surface area contributed by atoms with Crippen LogP contribution < -0.4 is 16.0 Å². The predicted octanol–water partition coefficient (Wildman–Crippen LogP) is 1.68. The molecule has 0 saturated heterocycles. The van der Waals surface area contributed by atoms with Crippen LogP contribution in [-0.4, -0.2) is 12.2 Å². The summed E-state index contributed by atoms with van der Waals surface area (Å²) in [7, 11) is 0. The molecule has 3 N–H and O–H groups in total. The monoisotopic (exact) mass is 270 g/mol. The van der Waals surface area contributed by atoms with Crippen molar-refractivity contribution in [2.45, 2.75) is 6.61 Å². The third kappa shape index (κ3) is 3.43. The third-order valence-corrected chi connectivity index (χ3v) is 2.72. The number of ether oxygens (including phenoxy) is 1. The Hall–Kier alpha value is -2.66. The van der Waals surface area contributed by atoms with Gasteiger partial charge in [0, 0.05) is 11.1 Å². The number of hydrogen-bond acceptors (Lipinski definition) is 4. The number of hydrazine groups is 1. The number of nitrogen functional groups attached to an aromatic ring is 1. The molecule has 0 fully saturated rings. The summed E-state index contributed by atoms with van der Waals surface area (Å²) in [5, 5.41) is 0. The van der Waals surface area contributed by atoms with Crippen LogP contribution in [-0.2, 0) is 6.61 Å². The molecule has 0 aliphatic carbocycles. The highest BCUT2D eigenvalue weighted by atomic mass is 16.5. The highest BCUT2D eigenvalue weighted by Gasteiger charge is 2.04. The Morgan fingerprint density at radius 3 is 2.75 bits per heavy atom. The molecule has 0 atom stereocenters. The normalized spacial score (nSPS) is 9.85. The molecule has 5 nitrogen and oxygen atoms in total. The smallest absolute Gasteiger partial charge is 0.265 e. The average molecular weight is 270 g/mol. The first-order chi connectivity index (χ1) is 9.72. The molecule has 0 spiro atoms. The zero-order valence-electron chi connectivity index (χ0n) is 10.7. The molecule has 0 bridgehead atoms. The second kappa shape index (κ2) is 6.49. The Bertz CT molecular complexity index is 626.